The minimum atomic E-state index is -0.0815. The molecule has 0 aliphatic carbocycles. The Hall–Kier alpha value is -2.21. The second kappa shape index (κ2) is 6.05. The van der Waals surface area contributed by atoms with E-state index in [2.05, 4.69) is 10.1 Å². The van der Waals surface area contributed by atoms with Crippen LogP contribution in [0.25, 0.3) is 0 Å². The van der Waals surface area contributed by atoms with Gasteiger partial charge in [-0.2, -0.15) is 5.10 Å². The summed E-state index contributed by atoms with van der Waals surface area (Å²) in [5, 5.41) is 4.07. The van der Waals surface area contributed by atoms with Gasteiger partial charge in [0.2, 0.25) is 5.91 Å². The Morgan fingerprint density at radius 3 is 3.14 bits per heavy atom. The van der Waals surface area contributed by atoms with Crippen molar-refractivity contribution in [2.75, 3.05) is 19.7 Å². The van der Waals surface area contributed by atoms with Crippen LogP contribution in [0.2, 0.25) is 0 Å². The Morgan fingerprint density at radius 1 is 1.48 bits per heavy atom. The Morgan fingerprint density at radius 2 is 2.38 bits per heavy atom. The van der Waals surface area contributed by atoms with E-state index in [0.717, 1.165) is 11.3 Å². The number of hydrogen-bond acceptors (Lipinski definition) is 4. The Labute approximate surface area is 123 Å². The molecule has 0 radical (unpaired) electrons. The first-order valence-electron chi connectivity index (χ1n) is 7.02. The van der Waals surface area contributed by atoms with Gasteiger partial charge in [-0.1, -0.05) is 0 Å². The Balaban J connectivity index is 1.66. The van der Waals surface area contributed by atoms with Crippen molar-refractivity contribution in [3.8, 4) is 0 Å². The lowest BCUT2D eigenvalue weighted by molar-refractivity contribution is -0.139. The van der Waals surface area contributed by atoms with Crippen LogP contribution in [0.3, 0.4) is 0 Å². The van der Waals surface area contributed by atoms with Gasteiger partial charge in [-0.05, 0) is 30.7 Å². The second-order valence-corrected chi connectivity index (χ2v) is 5.13. The van der Waals surface area contributed by atoms with E-state index < -0.39 is 0 Å². The lowest BCUT2D eigenvalue weighted by Gasteiger charge is -2.33. The van der Waals surface area contributed by atoms with Gasteiger partial charge in [-0.3, -0.25) is 14.5 Å². The average molecular weight is 286 g/mol. The van der Waals surface area contributed by atoms with Crippen molar-refractivity contribution in [3.63, 3.8) is 0 Å². The highest BCUT2D eigenvalue weighted by molar-refractivity contribution is 5.76. The molecule has 0 saturated carbocycles. The molecule has 0 N–H and O–H groups in total. The summed E-state index contributed by atoms with van der Waals surface area (Å²) in [6, 6.07) is 5.76. The number of aromatic nitrogens is 3. The van der Waals surface area contributed by atoms with Crippen molar-refractivity contribution in [1.29, 1.82) is 0 Å². The molecule has 1 unspecified atom stereocenters. The largest absolute Gasteiger partial charge is 0.370 e. The monoisotopic (exact) mass is 286 g/mol. The zero-order chi connectivity index (χ0) is 14.7. The van der Waals surface area contributed by atoms with E-state index in [0.29, 0.717) is 19.7 Å². The molecule has 1 saturated heterocycles. The fourth-order valence-electron chi connectivity index (χ4n) is 2.48. The lowest BCUT2D eigenvalue weighted by atomic mass is 10.1. The van der Waals surface area contributed by atoms with Crippen LogP contribution in [0.4, 0.5) is 0 Å². The molecule has 21 heavy (non-hydrogen) atoms. The first-order valence-corrected chi connectivity index (χ1v) is 7.02. The maximum atomic E-state index is 12.3. The topological polar surface area (TPSA) is 60.2 Å². The van der Waals surface area contributed by atoms with E-state index in [1.807, 2.05) is 30.0 Å². The third kappa shape index (κ3) is 3.28. The van der Waals surface area contributed by atoms with Crippen molar-refractivity contribution in [2.45, 2.75) is 19.6 Å². The van der Waals surface area contributed by atoms with Gasteiger partial charge in [0.05, 0.1) is 13.2 Å². The maximum Gasteiger partial charge on any atom is 0.244 e. The lowest BCUT2D eigenvalue weighted by Crippen LogP contribution is -2.43. The summed E-state index contributed by atoms with van der Waals surface area (Å²) < 4.78 is 7.43. The number of nitrogens with zero attached hydrogens (tertiary/aromatic N) is 4. The van der Waals surface area contributed by atoms with E-state index >= 15 is 0 Å². The van der Waals surface area contributed by atoms with Crippen LogP contribution in [0, 0.1) is 6.92 Å². The number of morpholine rings is 1. The van der Waals surface area contributed by atoms with E-state index in [4.69, 9.17) is 4.74 Å². The predicted octanol–water partition coefficient (Wildman–Crippen LogP) is 1.19. The normalized spacial score (nSPS) is 18.7. The molecule has 110 valence electrons. The Bertz CT molecular complexity index is 612. The minimum absolute atomic E-state index is 0.0674. The number of hydrogen-bond donors (Lipinski definition) is 0. The first-order chi connectivity index (χ1) is 10.2. The summed E-state index contributed by atoms with van der Waals surface area (Å²) in [6.45, 7) is 3.98. The molecule has 0 spiro atoms. The van der Waals surface area contributed by atoms with Gasteiger partial charge in [0.1, 0.15) is 12.6 Å². The summed E-state index contributed by atoms with van der Waals surface area (Å²) in [5.41, 5.74) is 2.02. The highest BCUT2D eigenvalue weighted by Crippen LogP contribution is 2.22. The van der Waals surface area contributed by atoms with E-state index in [9.17, 15) is 4.79 Å². The van der Waals surface area contributed by atoms with Crippen molar-refractivity contribution in [3.05, 3.63) is 48.0 Å². The number of carbonyl (C=O) groups excluding carboxylic acids is 1. The smallest absolute Gasteiger partial charge is 0.244 e. The molecule has 3 heterocycles. The highest BCUT2D eigenvalue weighted by Gasteiger charge is 2.25. The zero-order valence-electron chi connectivity index (χ0n) is 12.0. The minimum Gasteiger partial charge on any atom is -0.370 e. The molecule has 2 aromatic rings. The Kier molecular flexibility index (Phi) is 3.96. The molecule has 1 atom stereocenters. The maximum absolute atomic E-state index is 12.3. The van der Waals surface area contributed by atoms with E-state index in [-0.39, 0.29) is 18.6 Å². The summed E-state index contributed by atoms with van der Waals surface area (Å²) in [6.07, 6.45) is 5.16. The molecular weight excluding hydrogens is 268 g/mol. The standard InChI is InChI=1S/C15H18N4O2/c1-12-9-13(3-5-16-12)14-10-18(7-8-21-14)15(20)11-19-6-2-4-17-19/h2-6,9,14H,7-8,10-11H2,1H3. The molecule has 0 aromatic carbocycles. The summed E-state index contributed by atoms with van der Waals surface area (Å²) in [5.74, 6) is 0.0674. The molecule has 1 fully saturated rings. The molecule has 2 aromatic heterocycles. The van der Waals surface area contributed by atoms with Crippen LogP contribution >= 0.6 is 0 Å². The van der Waals surface area contributed by atoms with Gasteiger partial charge in [-0.25, -0.2) is 0 Å². The molecule has 0 bridgehead atoms. The summed E-state index contributed by atoms with van der Waals surface area (Å²) in [7, 11) is 0. The molecule has 1 aliphatic rings. The van der Waals surface area contributed by atoms with Crippen molar-refractivity contribution >= 4 is 5.91 Å². The van der Waals surface area contributed by atoms with Crippen molar-refractivity contribution < 1.29 is 9.53 Å². The van der Waals surface area contributed by atoms with E-state index in [1.165, 1.54) is 0 Å². The van der Waals surface area contributed by atoms with E-state index in [1.54, 1.807) is 23.3 Å². The molecule has 6 heteroatoms. The van der Waals surface area contributed by atoms with Crippen LogP contribution in [0.1, 0.15) is 17.4 Å². The SMILES string of the molecule is Cc1cc(C2CN(C(=O)Cn3cccn3)CCO2)ccn1. The van der Waals surface area contributed by atoms with Crippen LogP contribution in [-0.2, 0) is 16.1 Å². The second-order valence-electron chi connectivity index (χ2n) is 5.13. The van der Waals surface area contributed by atoms with Gasteiger partial charge in [0.15, 0.2) is 0 Å². The van der Waals surface area contributed by atoms with Gasteiger partial charge < -0.3 is 9.64 Å². The van der Waals surface area contributed by atoms with Crippen molar-refractivity contribution in [1.82, 2.24) is 19.7 Å². The number of rotatable bonds is 3. The van der Waals surface area contributed by atoms with Gasteiger partial charge in [0.25, 0.3) is 0 Å². The van der Waals surface area contributed by atoms with Gasteiger partial charge in [0, 0.05) is 30.8 Å². The molecule has 1 amide bonds. The van der Waals surface area contributed by atoms with Crippen molar-refractivity contribution in [2.24, 2.45) is 0 Å². The van der Waals surface area contributed by atoms with Gasteiger partial charge in [-0.15, -0.1) is 0 Å². The molecule has 1 aliphatic heterocycles. The molecule has 6 nitrogen and oxygen atoms in total. The van der Waals surface area contributed by atoms with Crippen LogP contribution in [0.5, 0.6) is 0 Å². The summed E-state index contributed by atoms with van der Waals surface area (Å²) >= 11 is 0. The fourth-order valence-corrected chi connectivity index (χ4v) is 2.48. The van der Waals surface area contributed by atoms with Crippen LogP contribution in [-0.4, -0.2) is 45.3 Å². The number of ether oxygens (including phenoxy) is 1. The number of pyridine rings is 1. The molecule has 3 rings (SSSR count). The molecular formula is C15H18N4O2. The van der Waals surface area contributed by atoms with Crippen LogP contribution in [0.15, 0.2) is 36.8 Å². The average Bonchev–Trinajstić information content (AvgIpc) is 3.00. The first kappa shape index (κ1) is 13.8. The van der Waals surface area contributed by atoms with Crippen LogP contribution < -0.4 is 0 Å². The fraction of sp³-hybridized carbons (Fsp3) is 0.400. The summed E-state index contributed by atoms with van der Waals surface area (Å²) in [4.78, 5) is 18.3. The highest BCUT2D eigenvalue weighted by atomic mass is 16.5. The van der Waals surface area contributed by atoms with Gasteiger partial charge >= 0.3 is 0 Å². The predicted molar refractivity (Wildman–Crippen MR) is 76.5 cm³/mol. The quantitative estimate of drug-likeness (QED) is 0.850. The zero-order valence-corrected chi connectivity index (χ0v) is 12.0. The number of amides is 1. The third-order valence-electron chi connectivity index (χ3n) is 3.57. The number of carbonyl (C=O) groups is 1. The number of aryl methyl sites for hydroxylation is 1. The third-order valence-corrected chi connectivity index (χ3v) is 3.57.